The van der Waals surface area contributed by atoms with E-state index < -0.39 is 0 Å². The highest BCUT2D eigenvalue weighted by Crippen LogP contribution is 1.84. The number of hydrogen-bond acceptors (Lipinski definition) is 4. The van der Waals surface area contributed by atoms with E-state index in [2.05, 4.69) is 34.5 Å². The molecule has 0 aliphatic carbocycles. The van der Waals surface area contributed by atoms with Crippen LogP contribution < -0.4 is 10.6 Å². The Hall–Kier alpha value is -0.850. The Morgan fingerprint density at radius 1 is 1.11 bits per heavy atom. The maximum atomic E-state index is 5.04. The maximum absolute atomic E-state index is 5.04. The third kappa shape index (κ3) is 11.9. The lowest BCUT2D eigenvalue weighted by molar-refractivity contribution is 0.162. The second-order valence-electron chi connectivity index (χ2n) is 4.33. The van der Waals surface area contributed by atoms with E-state index in [0.717, 1.165) is 58.3 Å². The average molecular weight is 274 g/mol. The zero-order valence-electron chi connectivity index (χ0n) is 12.9. The minimum absolute atomic E-state index is 0.753. The molecule has 0 radical (unpaired) electrons. The number of rotatable bonds is 11. The molecule has 0 atom stereocenters. The molecule has 0 saturated heterocycles. The molecule has 0 aliphatic heterocycles. The smallest absolute Gasteiger partial charge is 0.191 e. The number of nitrogens with one attached hydrogen (secondary N) is 2. The quantitative estimate of drug-likeness (QED) is 0.319. The number of hydrogen-bond donors (Lipinski definition) is 2. The third-order valence-corrected chi connectivity index (χ3v) is 2.58. The molecule has 0 aliphatic rings. The number of methoxy groups -OCH3 is 2. The van der Waals surface area contributed by atoms with Gasteiger partial charge in [0.1, 0.15) is 0 Å². The standard InChI is InChI=1S/C13H30N4O2/c1-5-14-13(15-7-6-11-18-3)16-8-9-17(2)10-12-19-4/h5-12H2,1-4H3,(H2,14,15,16). The maximum Gasteiger partial charge on any atom is 0.191 e. The monoisotopic (exact) mass is 274 g/mol. The molecular weight excluding hydrogens is 244 g/mol. The van der Waals surface area contributed by atoms with Gasteiger partial charge in [0.15, 0.2) is 5.96 Å². The Kier molecular flexibility index (Phi) is 13.0. The van der Waals surface area contributed by atoms with Crippen molar-refractivity contribution in [1.82, 2.24) is 15.5 Å². The van der Waals surface area contributed by atoms with Crippen LogP contribution in [0.1, 0.15) is 13.3 Å². The molecule has 0 fully saturated rings. The van der Waals surface area contributed by atoms with Crippen LogP contribution in [0.3, 0.4) is 0 Å². The molecule has 114 valence electrons. The zero-order chi connectivity index (χ0) is 14.3. The van der Waals surface area contributed by atoms with Crippen molar-refractivity contribution in [2.45, 2.75) is 13.3 Å². The van der Waals surface area contributed by atoms with E-state index in [4.69, 9.17) is 9.47 Å². The lowest BCUT2D eigenvalue weighted by atomic mass is 10.4. The highest BCUT2D eigenvalue weighted by Gasteiger charge is 1.99. The molecule has 0 aromatic heterocycles. The number of nitrogens with zero attached hydrogens (tertiary/aromatic N) is 2. The number of guanidine groups is 1. The minimum atomic E-state index is 0.753. The van der Waals surface area contributed by atoms with Gasteiger partial charge in [0, 0.05) is 53.6 Å². The molecule has 19 heavy (non-hydrogen) atoms. The predicted octanol–water partition coefficient (Wildman–Crippen LogP) is 0.156. The van der Waals surface area contributed by atoms with Crippen molar-refractivity contribution in [1.29, 1.82) is 0 Å². The summed E-state index contributed by atoms with van der Waals surface area (Å²) in [5.74, 6) is 0.874. The average Bonchev–Trinajstić information content (AvgIpc) is 2.41. The summed E-state index contributed by atoms with van der Waals surface area (Å²) in [4.78, 5) is 6.71. The van der Waals surface area contributed by atoms with Gasteiger partial charge in [-0.15, -0.1) is 0 Å². The summed E-state index contributed by atoms with van der Waals surface area (Å²) in [6.45, 7) is 8.02. The van der Waals surface area contributed by atoms with E-state index in [-0.39, 0.29) is 0 Å². The number of ether oxygens (including phenoxy) is 2. The Morgan fingerprint density at radius 2 is 1.84 bits per heavy atom. The second kappa shape index (κ2) is 13.6. The van der Waals surface area contributed by atoms with Crippen LogP contribution in [0.25, 0.3) is 0 Å². The zero-order valence-corrected chi connectivity index (χ0v) is 12.9. The fourth-order valence-corrected chi connectivity index (χ4v) is 1.47. The molecule has 0 spiro atoms. The molecule has 6 heteroatoms. The molecule has 0 bridgehead atoms. The van der Waals surface area contributed by atoms with E-state index in [1.165, 1.54) is 0 Å². The van der Waals surface area contributed by atoms with Crippen molar-refractivity contribution < 1.29 is 9.47 Å². The van der Waals surface area contributed by atoms with Crippen LogP contribution in [0.15, 0.2) is 4.99 Å². The van der Waals surface area contributed by atoms with Gasteiger partial charge in [-0.05, 0) is 20.4 Å². The SMILES string of the molecule is CCNC(=NCCCOC)NCCN(C)CCOC. The van der Waals surface area contributed by atoms with Crippen molar-refractivity contribution in [2.24, 2.45) is 4.99 Å². The lowest BCUT2D eigenvalue weighted by Crippen LogP contribution is -2.41. The van der Waals surface area contributed by atoms with Crippen LogP contribution in [-0.2, 0) is 9.47 Å². The third-order valence-electron chi connectivity index (χ3n) is 2.58. The summed E-state index contributed by atoms with van der Waals surface area (Å²) in [5, 5.41) is 6.55. The van der Waals surface area contributed by atoms with Gasteiger partial charge >= 0.3 is 0 Å². The Bertz CT molecular complexity index is 225. The van der Waals surface area contributed by atoms with E-state index in [0.29, 0.717) is 0 Å². The van der Waals surface area contributed by atoms with Crippen LogP contribution in [0.4, 0.5) is 0 Å². The first-order valence-corrected chi connectivity index (χ1v) is 6.93. The van der Waals surface area contributed by atoms with Crippen molar-refractivity contribution >= 4 is 5.96 Å². The van der Waals surface area contributed by atoms with Gasteiger partial charge in [0.25, 0.3) is 0 Å². The van der Waals surface area contributed by atoms with Crippen molar-refractivity contribution in [3.8, 4) is 0 Å². The van der Waals surface area contributed by atoms with Gasteiger partial charge in [-0.1, -0.05) is 0 Å². The largest absolute Gasteiger partial charge is 0.385 e. The molecule has 2 N–H and O–H groups in total. The van der Waals surface area contributed by atoms with Gasteiger partial charge in [-0.3, -0.25) is 4.99 Å². The fourth-order valence-electron chi connectivity index (χ4n) is 1.47. The van der Waals surface area contributed by atoms with Crippen LogP contribution in [0, 0.1) is 0 Å². The fraction of sp³-hybridized carbons (Fsp3) is 0.923. The normalized spacial score (nSPS) is 11.9. The van der Waals surface area contributed by atoms with Crippen LogP contribution in [-0.4, -0.2) is 78.1 Å². The van der Waals surface area contributed by atoms with Crippen LogP contribution in [0.2, 0.25) is 0 Å². The molecule has 0 rings (SSSR count). The predicted molar refractivity (Wildman–Crippen MR) is 79.8 cm³/mol. The highest BCUT2D eigenvalue weighted by molar-refractivity contribution is 5.79. The van der Waals surface area contributed by atoms with Crippen LogP contribution >= 0.6 is 0 Å². The first-order chi connectivity index (χ1) is 9.24. The van der Waals surface area contributed by atoms with E-state index in [9.17, 15) is 0 Å². The molecule has 6 nitrogen and oxygen atoms in total. The molecule has 0 unspecified atom stereocenters. The lowest BCUT2D eigenvalue weighted by Gasteiger charge is -2.17. The topological polar surface area (TPSA) is 58.1 Å². The number of likely N-dealkylation sites (N-methyl/N-ethyl adjacent to an activating group) is 1. The van der Waals surface area contributed by atoms with Crippen LogP contribution in [0.5, 0.6) is 0 Å². The molecule has 0 aromatic rings. The van der Waals surface area contributed by atoms with Crippen molar-refractivity contribution in [3.05, 3.63) is 0 Å². The van der Waals surface area contributed by atoms with Crippen molar-refractivity contribution in [2.75, 3.05) is 67.2 Å². The molecule has 0 heterocycles. The Labute approximate surface area is 117 Å². The molecule has 0 saturated carbocycles. The van der Waals surface area contributed by atoms with Gasteiger partial charge in [0.2, 0.25) is 0 Å². The van der Waals surface area contributed by atoms with Gasteiger partial charge in [-0.25, -0.2) is 0 Å². The van der Waals surface area contributed by atoms with Gasteiger partial charge < -0.3 is 25.0 Å². The summed E-state index contributed by atoms with van der Waals surface area (Å²) >= 11 is 0. The first kappa shape index (κ1) is 18.1. The number of aliphatic imine (C=N–C) groups is 1. The van der Waals surface area contributed by atoms with Gasteiger partial charge in [0.05, 0.1) is 6.61 Å². The summed E-state index contributed by atoms with van der Waals surface area (Å²) in [6, 6.07) is 0. The summed E-state index contributed by atoms with van der Waals surface area (Å²) < 4.78 is 10.0. The first-order valence-electron chi connectivity index (χ1n) is 6.93. The summed E-state index contributed by atoms with van der Waals surface area (Å²) in [7, 11) is 5.52. The summed E-state index contributed by atoms with van der Waals surface area (Å²) in [5.41, 5.74) is 0. The Balaban J connectivity index is 3.80. The van der Waals surface area contributed by atoms with Crippen molar-refractivity contribution in [3.63, 3.8) is 0 Å². The summed E-state index contributed by atoms with van der Waals surface area (Å²) in [6.07, 6.45) is 0.945. The minimum Gasteiger partial charge on any atom is -0.385 e. The molecular formula is C13H30N4O2. The highest BCUT2D eigenvalue weighted by atomic mass is 16.5. The van der Waals surface area contributed by atoms with E-state index in [1.807, 2.05) is 0 Å². The molecule has 0 amide bonds. The van der Waals surface area contributed by atoms with Gasteiger partial charge in [-0.2, -0.15) is 0 Å². The van der Waals surface area contributed by atoms with E-state index in [1.54, 1.807) is 14.2 Å². The second-order valence-corrected chi connectivity index (χ2v) is 4.33. The Morgan fingerprint density at radius 3 is 2.47 bits per heavy atom. The van der Waals surface area contributed by atoms with E-state index >= 15 is 0 Å². The molecule has 0 aromatic carbocycles.